The summed E-state index contributed by atoms with van der Waals surface area (Å²) in [5, 5.41) is 13.3. The van der Waals surface area contributed by atoms with Gasteiger partial charge in [0, 0.05) is 12.6 Å². The molecule has 0 aliphatic carbocycles. The molecule has 0 unspecified atom stereocenters. The Bertz CT molecular complexity index is 284. The van der Waals surface area contributed by atoms with Gasteiger partial charge in [0.1, 0.15) is 5.60 Å². The number of piperidine rings is 1. The fourth-order valence-electron chi connectivity index (χ4n) is 2.11. The number of likely N-dealkylation sites (tertiary alicyclic amines) is 1. The summed E-state index contributed by atoms with van der Waals surface area (Å²) in [6, 6.07) is 0.0150. The minimum absolute atomic E-state index is 0.0150. The summed E-state index contributed by atoms with van der Waals surface area (Å²) in [4.78, 5) is 13.4. The average molecular weight is 244 g/mol. The van der Waals surface area contributed by atoms with E-state index in [1.807, 2.05) is 27.8 Å². The number of rotatable bonds is 1. The normalized spacial score (nSPS) is 30.2. The van der Waals surface area contributed by atoms with Gasteiger partial charge in [-0.1, -0.05) is 0 Å². The molecule has 1 fully saturated rings. The van der Waals surface area contributed by atoms with Crippen LogP contribution in [0.1, 0.15) is 34.1 Å². The highest BCUT2D eigenvalue weighted by molar-refractivity contribution is 5.68. The molecule has 0 bridgehead atoms. The van der Waals surface area contributed by atoms with E-state index in [0.717, 1.165) is 6.42 Å². The zero-order valence-electron chi connectivity index (χ0n) is 11.4. The number of amides is 1. The van der Waals surface area contributed by atoms with Crippen LogP contribution in [-0.4, -0.2) is 53.5 Å². The molecule has 1 amide bonds. The van der Waals surface area contributed by atoms with Gasteiger partial charge >= 0.3 is 6.09 Å². The molecule has 5 heteroatoms. The standard InChI is InChI=1S/C12H24N2O3/c1-11(2,3)17-10(15)14-7-6-9(13-5)12(4,16)8-14/h9,13,16H,6-8H2,1-5H3/t9-,12-/m1/s1. The Kier molecular flexibility index (Phi) is 4.04. The van der Waals surface area contributed by atoms with E-state index in [2.05, 4.69) is 5.32 Å². The first-order valence-corrected chi connectivity index (χ1v) is 6.03. The van der Waals surface area contributed by atoms with Gasteiger partial charge < -0.3 is 20.1 Å². The summed E-state index contributed by atoms with van der Waals surface area (Å²) in [5.74, 6) is 0. The second kappa shape index (κ2) is 4.82. The molecule has 1 saturated heterocycles. The molecule has 17 heavy (non-hydrogen) atoms. The lowest BCUT2D eigenvalue weighted by Gasteiger charge is -2.42. The molecule has 0 saturated carbocycles. The van der Waals surface area contributed by atoms with Gasteiger partial charge in [-0.05, 0) is 41.2 Å². The highest BCUT2D eigenvalue weighted by atomic mass is 16.6. The van der Waals surface area contributed by atoms with Gasteiger partial charge in [0.15, 0.2) is 0 Å². The number of likely N-dealkylation sites (N-methyl/N-ethyl adjacent to an activating group) is 1. The van der Waals surface area contributed by atoms with Gasteiger partial charge in [-0.3, -0.25) is 0 Å². The van der Waals surface area contributed by atoms with Crippen LogP contribution in [0, 0.1) is 0 Å². The summed E-state index contributed by atoms with van der Waals surface area (Å²) in [6.45, 7) is 8.16. The number of carbonyl (C=O) groups excluding carboxylic acids is 1. The Hall–Kier alpha value is -0.810. The van der Waals surface area contributed by atoms with Crippen molar-refractivity contribution in [2.45, 2.75) is 51.4 Å². The van der Waals surface area contributed by atoms with Crippen LogP contribution >= 0.6 is 0 Å². The Labute approximate surface area is 103 Å². The van der Waals surface area contributed by atoms with Crippen molar-refractivity contribution in [3.8, 4) is 0 Å². The van der Waals surface area contributed by atoms with E-state index in [1.54, 1.807) is 11.8 Å². The SMILES string of the molecule is CN[C@@H]1CCN(C(=O)OC(C)(C)C)C[C@@]1(C)O. The molecule has 1 heterocycles. The van der Waals surface area contributed by atoms with Gasteiger partial charge in [0.25, 0.3) is 0 Å². The van der Waals surface area contributed by atoms with Crippen molar-refractivity contribution >= 4 is 6.09 Å². The first-order valence-electron chi connectivity index (χ1n) is 6.03. The molecule has 0 aromatic rings. The molecule has 0 spiro atoms. The number of hydrogen-bond acceptors (Lipinski definition) is 4. The van der Waals surface area contributed by atoms with Gasteiger partial charge in [-0.15, -0.1) is 0 Å². The molecule has 1 aliphatic heterocycles. The van der Waals surface area contributed by atoms with E-state index in [-0.39, 0.29) is 12.1 Å². The van der Waals surface area contributed by atoms with Crippen LogP contribution in [0.5, 0.6) is 0 Å². The largest absolute Gasteiger partial charge is 0.444 e. The molecule has 5 nitrogen and oxygen atoms in total. The van der Waals surface area contributed by atoms with E-state index in [4.69, 9.17) is 4.74 Å². The summed E-state index contributed by atoms with van der Waals surface area (Å²) < 4.78 is 5.29. The molecular formula is C12H24N2O3. The number of nitrogens with zero attached hydrogens (tertiary/aromatic N) is 1. The number of nitrogens with one attached hydrogen (secondary N) is 1. The van der Waals surface area contributed by atoms with Crippen LogP contribution < -0.4 is 5.32 Å². The first-order chi connectivity index (χ1) is 7.65. The molecule has 1 aliphatic rings. The Morgan fingerprint density at radius 3 is 2.53 bits per heavy atom. The number of ether oxygens (including phenoxy) is 1. The predicted octanol–water partition coefficient (Wildman–Crippen LogP) is 0.966. The Balaban J connectivity index is 2.62. The maximum atomic E-state index is 11.9. The van der Waals surface area contributed by atoms with Crippen LogP contribution in [-0.2, 0) is 4.74 Å². The van der Waals surface area contributed by atoms with Crippen LogP contribution in [0.2, 0.25) is 0 Å². The lowest BCUT2D eigenvalue weighted by Crippen LogP contribution is -2.60. The summed E-state index contributed by atoms with van der Waals surface area (Å²) >= 11 is 0. The van der Waals surface area contributed by atoms with Crippen molar-refractivity contribution in [3.05, 3.63) is 0 Å². The average Bonchev–Trinajstić information content (AvgIpc) is 2.13. The quantitative estimate of drug-likeness (QED) is 0.721. The second-order valence-electron chi connectivity index (χ2n) is 5.89. The molecular weight excluding hydrogens is 220 g/mol. The van der Waals surface area contributed by atoms with Gasteiger partial charge in [0.05, 0.1) is 12.1 Å². The van der Waals surface area contributed by atoms with Gasteiger partial charge in [0.2, 0.25) is 0 Å². The highest BCUT2D eigenvalue weighted by Gasteiger charge is 2.39. The summed E-state index contributed by atoms with van der Waals surface area (Å²) in [5.41, 5.74) is -1.41. The maximum Gasteiger partial charge on any atom is 0.410 e. The van der Waals surface area contributed by atoms with Crippen molar-refractivity contribution in [2.24, 2.45) is 0 Å². The van der Waals surface area contributed by atoms with Crippen molar-refractivity contribution < 1.29 is 14.6 Å². The van der Waals surface area contributed by atoms with E-state index < -0.39 is 11.2 Å². The smallest absolute Gasteiger partial charge is 0.410 e. The van der Waals surface area contributed by atoms with Gasteiger partial charge in [-0.2, -0.15) is 0 Å². The maximum absolute atomic E-state index is 11.9. The Morgan fingerprint density at radius 1 is 1.53 bits per heavy atom. The summed E-state index contributed by atoms with van der Waals surface area (Å²) in [6.07, 6.45) is 0.371. The predicted molar refractivity (Wildman–Crippen MR) is 65.9 cm³/mol. The highest BCUT2D eigenvalue weighted by Crippen LogP contribution is 2.22. The Morgan fingerprint density at radius 2 is 2.12 bits per heavy atom. The van der Waals surface area contributed by atoms with Crippen LogP contribution in [0.25, 0.3) is 0 Å². The van der Waals surface area contributed by atoms with Crippen molar-refractivity contribution in [1.82, 2.24) is 10.2 Å². The lowest BCUT2D eigenvalue weighted by atomic mass is 9.89. The lowest BCUT2D eigenvalue weighted by molar-refractivity contribution is -0.0504. The minimum atomic E-state index is -0.913. The topological polar surface area (TPSA) is 61.8 Å². The van der Waals surface area contributed by atoms with Gasteiger partial charge in [-0.25, -0.2) is 4.79 Å². The molecule has 2 N–H and O–H groups in total. The van der Waals surface area contributed by atoms with E-state index >= 15 is 0 Å². The number of β-amino-alcohol motifs (C(OH)–C–C–N with tert-alkyl or cyclic N) is 1. The van der Waals surface area contributed by atoms with Crippen LogP contribution in [0.15, 0.2) is 0 Å². The molecule has 100 valence electrons. The molecule has 0 aromatic carbocycles. The number of aliphatic hydroxyl groups is 1. The fourth-order valence-corrected chi connectivity index (χ4v) is 2.11. The number of hydrogen-bond donors (Lipinski definition) is 2. The number of carbonyl (C=O) groups is 1. The molecule has 0 radical (unpaired) electrons. The van der Waals surface area contributed by atoms with Crippen molar-refractivity contribution in [2.75, 3.05) is 20.1 Å². The molecule has 2 atom stereocenters. The zero-order valence-corrected chi connectivity index (χ0v) is 11.4. The van der Waals surface area contributed by atoms with Crippen molar-refractivity contribution in [1.29, 1.82) is 0 Å². The fraction of sp³-hybridized carbons (Fsp3) is 0.917. The summed E-state index contributed by atoms with van der Waals surface area (Å²) in [7, 11) is 1.82. The van der Waals surface area contributed by atoms with E-state index in [9.17, 15) is 9.90 Å². The molecule has 0 aromatic heterocycles. The third-order valence-corrected chi connectivity index (χ3v) is 2.95. The zero-order chi connectivity index (χ0) is 13.3. The third-order valence-electron chi connectivity index (χ3n) is 2.95. The molecule has 1 rings (SSSR count). The third kappa shape index (κ3) is 3.85. The van der Waals surface area contributed by atoms with Crippen LogP contribution in [0.4, 0.5) is 4.79 Å². The van der Waals surface area contributed by atoms with E-state index in [0.29, 0.717) is 13.1 Å². The first kappa shape index (κ1) is 14.3. The van der Waals surface area contributed by atoms with Crippen LogP contribution in [0.3, 0.4) is 0 Å². The monoisotopic (exact) mass is 244 g/mol. The second-order valence-corrected chi connectivity index (χ2v) is 5.89. The van der Waals surface area contributed by atoms with Crippen molar-refractivity contribution in [3.63, 3.8) is 0 Å². The van der Waals surface area contributed by atoms with E-state index in [1.165, 1.54) is 0 Å². The minimum Gasteiger partial charge on any atom is -0.444 e.